The Kier molecular flexibility index (Phi) is 4.36. The summed E-state index contributed by atoms with van der Waals surface area (Å²) < 4.78 is 14.3. The van der Waals surface area contributed by atoms with Gasteiger partial charge in [0.05, 0.1) is 0 Å². The van der Waals surface area contributed by atoms with Crippen LogP contribution < -0.4 is 5.32 Å². The number of halogens is 2. The highest BCUT2D eigenvalue weighted by atomic mass is 79.9. The molecule has 0 amide bonds. The number of nitrogens with one attached hydrogen (secondary N) is 1. The molecular formula is C13H17BrFN. The van der Waals surface area contributed by atoms with Crippen LogP contribution in [0, 0.1) is 11.7 Å². The Hall–Kier alpha value is -0.410. The molecule has 3 heteroatoms. The fourth-order valence-corrected chi connectivity index (χ4v) is 2.71. The van der Waals surface area contributed by atoms with Gasteiger partial charge >= 0.3 is 0 Å². The van der Waals surface area contributed by atoms with Crippen molar-refractivity contribution in [3.8, 4) is 0 Å². The van der Waals surface area contributed by atoms with Crippen LogP contribution in [0.1, 0.15) is 31.2 Å². The molecule has 0 aliphatic heterocycles. The van der Waals surface area contributed by atoms with Crippen molar-refractivity contribution >= 4 is 15.9 Å². The van der Waals surface area contributed by atoms with Gasteiger partial charge in [-0.25, -0.2) is 4.39 Å². The van der Waals surface area contributed by atoms with Gasteiger partial charge in [-0.15, -0.1) is 0 Å². The maximum absolute atomic E-state index is 13.4. The highest BCUT2D eigenvalue weighted by Crippen LogP contribution is 2.24. The van der Waals surface area contributed by atoms with Crippen LogP contribution in [0.5, 0.6) is 0 Å². The van der Waals surface area contributed by atoms with Crippen LogP contribution >= 0.6 is 15.9 Å². The summed E-state index contributed by atoms with van der Waals surface area (Å²) in [6.45, 7) is 1.65. The fourth-order valence-electron chi connectivity index (χ4n) is 2.30. The van der Waals surface area contributed by atoms with Crippen molar-refractivity contribution in [3.05, 3.63) is 34.1 Å². The molecule has 2 rings (SSSR count). The number of hydrogen-bond acceptors (Lipinski definition) is 1. The Balaban J connectivity index is 1.82. The molecule has 16 heavy (non-hydrogen) atoms. The number of hydrogen-bond donors (Lipinski definition) is 1. The highest BCUT2D eigenvalue weighted by molar-refractivity contribution is 9.10. The van der Waals surface area contributed by atoms with E-state index in [1.807, 2.05) is 6.07 Å². The molecule has 0 bridgehead atoms. The van der Waals surface area contributed by atoms with Crippen LogP contribution in [0.2, 0.25) is 0 Å². The lowest BCUT2D eigenvalue weighted by molar-refractivity contribution is 0.483. The summed E-state index contributed by atoms with van der Waals surface area (Å²) in [7, 11) is 0. The first-order chi connectivity index (χ1) is 7.75. The normalized spacial score (nSPS) is 16.9. The van der Waals surface area contributed by atoms with E-state index in [2.05, 4.69) is 21.2 Å². The highest BCUT2D eigenvalue weighted by Gasteiger charge is 2.14. The zero-order valence-corrected chi connectivity index (χ0v) is 10.9. The summed E-state index contributed by atoms with van der Waals surface area (Å²) in [5.41, 5.74) is 0.743. The zero-order chi connectivity index (χ0) is 11.4. The van der Waals surface area contributed by atoms with Crippen LogP contribution in [0.15, 0.2) is 22.7 Å². The van der Waals surface area contributed by atoms with Crippen molar-refractivity contribution in [1.29, 1.82) is 0 Å². The quantitative estimate of drug-likeness (QED) is 0.886. The van der Waals surface area contributed by atoms with E-state index in [0.29, 0.717) is 6.54 Å². The van der Waals surface area contributed by atoms with Crippen molar-refractivity contribution in [3.63, 3.8) is 0 Å². The molecule has 1 aromatic rings. The van der Waals surface area contributed by atoms with Crippen molar-refractivity contribution in [2.75, 3.05) is 6.54 Å². The maximum Gasteiger partial charge on any atom is 0.127 e. The van der Waals surface area contributed by atoms with E-state index in [1.165, 1.54) is 31.7 Å². The first-order valence-corrected chi connectivity index (χ1v) is 6.69. The third-order valence-electron chi connectivity index (χ3n) is 3.23. The lowest BCUT2D eigenvalue weighted by Crippen LogP contribution is -2.21. The van der Waals surface area contributed by atoms with Crippen LogP contribution in [0.4, 0.5) is 4.39 Å². The minimum absolute atomic E-state index is 0.123. The van der Waals surface area contributed by atoms with Crippen molar-refractivity contribution in [2.45, 2.75) is 32.2 Å². The molecule has 1 aromatic carbocycles. The molecule has 0 unspecified atom stereocenters. The minimum Gasteiger partial charge on any atom is -0.312 e. The van der Waals surface area contributed by atoms with Crippen molar-refractivity contribution < 1.29 is 4.39 Å². The summed E-state index contributed by atoms with van der Waals surface area (Å²) in [4.78, 5) is 0. The Morgan fingerprint density at radius 2 is 2.06 bits per heavy atom. The van der Waals surface area contributed by atoms with Gasteiger partial charge in [-0.3, -0.25) is 0 Å². The van der Waals surface area contributed by atoms with Gasteiger partial charge in [-0.2, -0.15) is 0 Å². The van der Waals surface area contributed by atoms with Gasteiger partial charge in [0.1, 0.15) is 5.82 Å². The summed E-state index contributed by atoms with van der Waals surface area (Å²) in [6.07, 6.45) is 5.37. The monoisotopic (exact) mass is 285 g/mol. The van der Waals surface area contributed by atoms with Gasteiger partial charge in [0.2, 0.25) is 0 Å². The second kappa shape index (κ2) is 5.78. The molecule has 1 N–H and O–H groups in total. The minimum atomic E-state index is -0.123. The molecule has 0 heterocycles. The first kappa shape index (κ1) is 12.1. The molecule has 0 saturated heterocycles. The van der Waals surface area contributed by atoms with E-state index in [0.717, 1.165) is 22.5 Å². The zero-order valence-electron chi connectivity index (χ0n) is 9.31. The van der Waals surface area contributed by atoms with Gasteiger partial charge < -0.3 is 5.32 Å². The molecule has 1 aliphatic rings. The molecule has 1 aliphatic carbocycles. The largest absolute Gasteiger partial charge is 0.312 e. The van der Waals surface area contributed by atoms with E-state index < -0.39 is 0 Å². The fraction of sp³-hybridized carbons (Fsp3) is 0.538. The van der Waals surface area contributed by atoms with Gasteiger partial charge in [0.25, 0.3) is 0 Å². The van der Waals surface area contributed by atoms with Crippen LogP contribution in [0.3, 0.4) is 0 Å². The Morgan fingerprint density at radius 1 is 1.31 bits per heavy atom. The van der Waals surface area contributed by atoms with Crippen LogP contribution in [0.25, 0.3) is 0 Å². The van der Waals surface area contributed by atoms with Gasteiger partial charge in [-0.1, -0.05) is 28.8 Å². The number of rotatable bonds is 4. The van der Waals surface area contributed by atoms with E-state index in [9.17, 15) is 4.39 Å². The second-order valence-corrected chi connectivity index (χ2v) is 5.43. The van der Waals surface area contributed by atoms with E-state index >= 15 is 0 Å². The molecule has 0 spiro atoms. The molecule has 1 nitrogen and oxygen atoms in total. The summed E-state index contributed by atoms with van der Waals surface area (Å²) in [5, 5.41) is 3.35. The average Bonchev–Trinajstić information content (AvgIpc) is 2.76. The molecule has 88 valence electrons. The van der Waals surface area contributed by atoms with Gasteiger partial charge in [0, 0.05) is 16.6 Å². The molecule has 1 saturated carbocycles. The summed E-state index contributed by atoms with van der Waals surface area (Å²) >= 11 is 3.36. The Labute approximate surface area is 105 Å². The Morgan fingerprint density at radius 3 is 2.81 bits per heavy atom. The standard InChI is InChI=1S/C13H17BrFN/c14-12-5-6-13(15)11(7-12)9-16-8-10-3-1-2-4-10/h5-7,10,16H,1-4,8-9H2. The number of benzene rings is 1. The summed E-state index contributed by atoms with van der Waals surface area (Å²) in [5.74, 6) is 0.678. The second-order valence-electron chi connectivity index (χ2n) is 4.52. The average molecular weight is 286 g/mol. The van der Waals surface area contributed by atoms with E-state index in [4.69, 9.17) is 0 Å². The van der Waals surface area contributed by atoms with E-state index in [1.54, 1.807) is 6.07 Å². The smallest absolute Gasteiger partial charge is 0.127 e. The van der Waals surface area contributed by atoms with Crippen molar-refractivity contribution in [2.24, 2.45) is 5.92 Å². The first-order valence-electron chi connectivity index (χ1n) is 5.90. The molecular weight excluding hydrogens is 269 g/mol. The third kappa shape index (κ3) is 3.29. The van der Waals surface area contributed by atoms with Crippen LogP contribution in [-0.2, 0) is 6.54 Å². The van der Waals surface area contributed by atoms with E-state index in [-0.39, 0.29) is 5.82 Å². The maximum atomic E-state index is 13.4. The Bertz CT molecular complexity index is 348. The molecule has 0 atom stereocenters. The lowest BCUT2D eigenvalue weighted by Gasteiger charge is -2.11. The topological polar surface area (TPSA) is 12.0 Å². The van der Waals surface area contributed by atoms with Gasteiger partial charge in [-0.05, 0) is 43.5 Å². The summed E-state index contributed by atoms with van der Waals surface area (Å²) in [6, 6.07) is 5.09. The lowest BCUT2D eigenvalue weighted by atomic mass is 10.1. The molecule has 1 fully saturated rings. The molecule has 0 radical (unpaired) electrons. The SMILES string of the molecule is Fc1ccc(Br)cc1CNCC1CCCC1. The van der Waals surface area contributed by atoms with Gasteiger partial charge in [0.15, 0.2) is 0 Å². The third-order valence-corrected chi connectivity index (χ3v) is 3.72. The molecule has 0 aromatic heterocycles. The predicted molar refractivity (Wildman–Crippen MR) is 67.8 cm³/mol. The van der Waals surface area contributed by atoms with Crippen molar-refractivity contribution in [1.82, 2.24) is 5.32 Å². The van der Waals surface area contributed by atoms with Crippen LogP contribution in [-0.4, -0.2) is 6.54 Å². The predicted octanol–water partition coefficient (Wildman–Crippen LogP) is 3.87.